The number of benzene rings is 3. The summed E-state index contributed by atoms with van der Waals surface area (Å²) in [5.41, 5.74) is 2.05. The van der Waals surface area contributed by atoms with Crippen molar-refractivity contribution in [3.8, 4) is 11.5 Å². The highest BCUT2D eigenvalue weighted by Gasteiger charge is 2.24. The number of nitrogens with zero attached hydrogens (tertiary/aromatic N) is 2. The maximum absolute atomic E-state index is 12.8. The summed E-state index contributed by atoms with van der Waals surface area (Å²) >= 11 is 1.65. The van der Waals surface area contributed by atoms with Gasteiger partial charge in [0.15, 0.2) is 11.5 Å². The molecule has 0 fully saturated rings. The Kier molecular flexibility index (Phi) is 6.00. The lowest BCUT2D eigenvalue weighted by molar-refractivity contribution is -0.385. The third-order valence-electron chi connectivity index (χ3n) is 4.85. The molecule has 0 saturated carbocycles. The van der Waals surface area contributed by atoms with E-state index in [2.05, 4.69) is 10.3 Å². The molecule has 1 amide bonds. The van der Waals surface area contributed by atoms with Gasteiger partial charge in [0.2, 0.25) is 0 Å². The molecule has 0 atom stereocenters. The van der Waals surface area contributed by atoms with Crippen molar-refractivity contribution in [2.75, 3.05) is 19.5 Å². The predicted molar refractivity (Wildman–Crippen MR) is 123 cm³/mol. The minimum atomic E-state index is -0.627. The Bertz CT molecular complexity index is 1270. The third kappa shape index (κ3) is 4.37. The normalized spacial score (nSPS) is 10.7. The maximum atomic E-state index is 12.8. The van der Waals surface area contributed by atoms with E-state index in [-0.39, 0.29) is 22.7 Å². The number of rotatable bonds is 7. The summed E-state index contributed by atoms with van der Waals surface area (Å²) in [4.78, 5) is 28.2. The second-order valence-corrected chi connectivity index (χ2v) is 8.00. The number of carbonyl (C=O) groups excluding carboxylic acids is 1. The number of aromatic nitrogens is 1. The summed E-state index contributed by atoms with van der Waals surface area (Å²) in [5, 5.41) is 15.2. The van der Waals surface area contributed by atoms with Gasteiger partial charge in [0.05, 0.1) is 40.4 Å². The van der Waals surface area contributed by atoms with Crippen LogP contribution in [0.25, 0.3) is 10.2 Å². The average Bonchev–Trinajstić information content (AvgIpc) is 3.21. The molecule has 0 unspecified atom stereocenters. The quantitative estimate of drug-likeness (QED) is 0.312. The fourth-order valence-electron chi connectivity index (χ4n) is 3.28. The number of anilines is 1. The van der Waals surface area contributed by atoms with Crippen LogP contribution in [0, 0.1) is 10.1 Å². The first-order valence-electron chi connectivity index (χ1n) is 9.63. The number of ether oxygens (including phenoxy) is 2. The molecule has 8 nitrogen and oxygen atoms in total. The lowest BCUT2D eigenvalue weighted by Crippen LogP contribution is -2.14. The number of amides is 1. The highest BCUT2D eigenvalue weighted by Crippen LogP contribution is 2.35. The number of nitrogens with one attached hydrogen (secondary N) is 1. The number of hydrogen-bond acceptors (Lipinski definition) is 7. The molecule has 0 radical (unpaired) electrons. The van der Waals surface area contributed by atoms with E-state index in [4.69, 9.17) is 9.47 Å². The van der Waals surface area contributed by atoms with Gasteiger partial charge in [-0.25, -0.2) is 4.98 Å². The molecule has 32 heavy (non-hydrogen) atoms. The van der Waals surface area contributed by atoms with Gasteiger partial charge in [-0.2, -0.15) is 0 Å². The van der Waals surface area contributed by atoms with Crippen LogP contribution in [0.1, 0.15) is 20.9 Å². The molecule has 0 aliphatic heterocycles. The van der Waals surface area contributed by atoms with E-state index in [1.807, 2.05) is 36.4 Å². The molecule has 0 aliphatic carbocycles. The maximum Gasteiger partial charge on any atom is 0.286 e. The first-order chi connectivity index (χ1) is 15.5. The molecule has 3 aromatic carbocycles. The van der Waals surface area contributed by atoms with E-state index >= 15 is 0 Å². The minimum Gasteiger partial charge on any atom is -0.493 e. The van der Waals surface area contributed by atoms with Crippen LogP contribution in [-0.2, 0) is 6.42 Å². The molecule has 1 aromatic heterocycles. The lowest BCUT2D eigenvalue weighted by Gasteiger charge is -2.11. The zero-order valence-electron chi connectivity index (χ0n) is 17.3. The van der Waals surface area contributed by atoms with Gasteiger partial charge in [-0.05, 0) is 29.8 Å². The molecule has 0 aliphatic rings. The third-order valence-corrected chi connectivity index (χ3v) is 5.88. The summed E-state index contributed by atoms with van der Waals surface area (Å²) < 4.78 is 11.4. The number of nitro benzene ring substituents is 1. The summed E-state index contributed by atoms with van der Waals surface area (Å²) in [6.07, 6.45) is 0.675. The zero-order chi connectivity index (χ0) is 22.7. The number of carbonyl (C=O) groups is 1. The SMILES string of the molecule is COc1cc(C(=O)Nc2ccc(Cc3nc4ccccc4s3)cc2)c([N+](=O)[O-])cc1OC. The minimum absolute atomic E-state index is 0.119. The molecule has 162 valence electrons. The Balaban J connectivity index is 1.52. The number of nitro groups is 1. The summed E-state index contributed by atoms with van der Waals surface area (Å²) in [7, 11) is 2.77. The van der Waals surface area contributed by atoms with Crippen LogP contribution in [0.5, 0.6) is 11.5 Å². The second kappa shape index (κ2) is 9.03. The van der Waals surface area contributed by atoms with Crippen LogP contribution in [-0.4, -0.2) is 30.0 Å². The van der Waals surface area contributed by atoms with Gasteiger partial charge < -0.3 is 14.8 Å². The van der Waals surface area contributed by atoms with E-state index in [0.29, 0.717) is 12.1 Å². The molecule has 1 N–H and O–H groups in total. The number of hydrogen-bond donors (Lipinski definition) is 1. The Morgan fingerprint density at radius 3 is 2.41 bits per heavy atom. The van der Waals surface area contributed by atoms with Crippen molar-refractivity contribution in [3.05, 3.63) is 86.9 Å². The Labute approximate surface area is 187 Å². The molecule has 0 bridgehead atoms. The monoisotopic (exact) mass is 449 g/mol. The van der Waals surface area contributed by atoms with E-state index in [1.54, 1.807) is 23.5 Å². The van der Waals surface area contributed by atoms with Crippen LogP contribution in [0.3, 0.4) is 0 Å². The number of fused-ring (bicyclic) bond motifs is 1. The van der Waals surface area contributed by atoms with Crippen molar-refractivity contribution in [3.63, 3.8) is 0 Å². The van der Waals surface area contributed by atoms with Crippen molar-refractivity contribution in [1.82, 2.24) is 4.98 Å². The van der Waals surface area contributed by atoms with Crippen LogP contribution in [0.2, 0.25) is 0 Å². The Morgan fingerprint density at radius 1 is 1.06 bits per heavy atom. The summed E-state index contributed by atoms with van der Waals surface area (Å²) in [6.45, 7) is 0. The topological polar surface area (TPSA) is 104 Å². The van der Waals surface area contributed by atoms with Crippen molar-refractivity contribution in [2.24, 2.45) is 0 Å². The van der Waals surface area contributed by atoms with Gasteiger partial charge in [0, 0.05) is 18.2 Å². The molecule has 4 aromatic rings. The van der Waals surface area contributed by atoms with Gasteiger partial charge in [0.1, 0.15) is 5.56 Å². The summed E-state index contributed by atoms with van der Waals surface area (Å²) in [5.74, 6) is -0.207. The molecule has 0 spiro atoms. The predicted octanol–water partition coefficient (Wildman–Crippen LogP) is 5.06. The van der Waals surface area contributed by atoms with E-state index < -0.39 is 10.8 Å². The fraction of sp³-hybridized carbons (Fsp3) is 0.130. The van der Waals surface area contributed by atoms with Crippen LogP contribution < -0.4 is 14.8 Å². The molecule has 1 heterocycles. The molecule has 9 heteroatoms. The number of para-hydroxylation sites is 1. The van der Waals surface area contributed by atoms with Crippen molar-refractivity contribution in [2.45, 2.75) is 6.42 Å². The highest BCUT2D eigenvalue weighted by atomic mass is 32.1. The largest absolute Gasteiger partial charge is 0.493 e. The molecule has 0 saturated heterocycles. The van der Waals surface area contributed by atoms with Crippen molar-refractivity contribution in [1.29, 1.82) is 0 Å². The van der Waals surface area contributed by atoms with Crippen LogP contribution in [0.4, 0.5) is 11.4 Å². The van der Waals surface area contributed by atoms with E-state index in [0.717, 1.165) is 20.8 Å². The molecular formula is C23H19N3O5S. The highest BCUT2D eigenvalue weighted by molar-refractivity contribution is 7.18. The van der Waals surface area contributed by atoms with Gasteiger partial charge in [0.25, 0.3) is 11.6 Å². The number of thiazole rings is 1. The molecular weight excluding hydrogens is 430 g/mol. The Morgan fingerprint density at radius 2 is 1.75 bits per heavy atom. The zero-order valence-corrected chi connectivity index (χ0v) is 18.1. The Hall–Kier alpha value is -3.98. The van der Waals surface area contributed by atoms with Crippen LogP contribution in [0.15, 0.2) is 60.7 Å². The first-order valence-corrected chi connectivity index (χ1v) is 10.5. The van der Waals surface area contributed by atoms with Crippen molar-refractivity contribution < 1.29 is 19.2 Å². The van der Waals surface area contributed by atoms with E-state index in [1.165, 1.54) is 26.4 Å². The average molecular weight is 449 g/mol. The van der Waals surface area contributed by atoms with Gasteiger partial charge in [-0.1, -0.05) is 24.3 Å². The first kappa shape index (κ1) is 21.3. The number of methoxy groups -OCH3 is 2. The fourth-order valence-corrected chi connectivity index (χ4v) is 4.28. The smallest absolute Gasteiger partial charge is 0.286 e. The second-order valence-electron chi connectivity index (χ2n) is 6.88. The van der Waals surface area contributed by atoms with Crippen LogP contribution >= 0.6 is 11.3 Å². The summed E-state index contributed by atoms with van der Waals surface area (Å²) in [6, 6.07) is 17.8. The van der Waals surface area contributed by atoms with Gasteiger partial charge in [-0.15, -0.1) is 11.3 Å². The standard InChI is InChI=1S/C23H19N3O5S/c1-30-19-12-16(18(26(28)29)13-20(19)31-2)23(27)24-15-9-7-14(8-10-15)11-22-25-17-5-3-4-6-21(17)32-22/h3-10,12-13H,11H2,1-2H3,(H,24,27). The van der Waals surface area contributed by atoms with Gasteiger partial charge >= 0.3 is 0 Å². The molecule has 4 rings (SSSR count). The lowest BCUT2D eigenvalue weighted by atomic mass is 10.1. The van der Waals surface area contributed by atoms with E-state index in [9.17, 15) is 14.9 Å². The van der Waals surface area contributed by atoms with Gasteiger partial charge in [-0.3, -0.25) is 14.9 Å². The van der Waals surface area contributed by atoms with Crippen molar-refractivity contribution >= 4 is 38.8 Å².